The minimum absolute atomic E-state index is 0.716. The van der Waals surface area contributed by atoms with Crippen molar-refractivity contribution in [3.8, 4) is 5.75 Å². The molecule has 0 amide bonds. The van der Waals surface area contributed by atoms with Gasteiger partial charge in [0.15, 0.2) is 5.96 Å². The zero-order chi connectivity index (χ0) is 15.8. The second-order valence-corrected chi connectivity index (χ2v) is 7.72. The van der Waals surface area contributed by atoms with E-state index in [1.807, 2.05) is 29.5 Å². The van der Waals surface area contributed by atoms with E-state index in [-0.39, 0.29) is 0 Å². The Morgan fingerprint density at radius 2 is 2.14 bits per heavy atom. The summed E-state index contributed by atoms with van der Waals surface area (Å²) in [6, 6.07) is 12.4. The highest BCUT2D eigenvalue weighted by Crippen LogP contribution is 2.18. The largest absolute Gasteiger partial charge is 0.497 e. The predicted octanol–water partition coefficient (Wildman–Crippen LogP) is 3.27. The minimum Gasteiger partial charge on any atom is -0.497 e. The van der Waals surface area contributed by atoms with E-state index in [1.165, 1.54) is 7.76 Å². The molecule has 1 aromatic carbocycles. The Kier molecular flexibility index (Phi) is 6.98. The molecule has 118 valence electrons. The van der Waals surface area contributed by atoms with Crippen molar-refractivity contribution in [2.75, 3.05) is 20.7 Å². The normalized spacial score (nSPS) is 11.3. The van der Waals surface area contributed by atoms with Gasteiger partial charge in [0.05, 0.1) is 9.99 Å². The van der Waals surface area contributed by atoms with Gasteiger partial charge in [0.25, 0.3) is 0 Å². The third-order valence-corrected chi connectivity index (χ3v) is 5.06. The van der Waals surface area contributed by atoms with Gasteiger partial charge < -0.3 is 15.4 Å². The topological polar surface area (TPSA) is 45.7 Å². The molecular weight excluding hydrogens is 409 g/mol. The number of benzene rings is 1. The molecule has 0 unspecified atom stereocenters. The number of hydrogen-bond acceptors (Lipinski definition) is 3. The van der Waals surface area contributed by atoms with Crippen LogP contribution in [0.5, 0.6) is 5.75 Å². The second-order valence-electron chi connectivity index (χ2n) is 4.66. The standard InChI is InChI=1S/C16H20IN3OS/c1-18-16(19-9-8-14-6-7-15(17)22-14)20-11-12-4-3-5-13(10-12)21-2/h3-7,10H,8-9,11H2,1-2H3,(H2,18,19,20). The van der Waals surface area contributed by atoms with Gasteiger partial charge in [-0.1, -0.05) is 12.1 Å². The molecule has 0 saturated carbocycles. The molecule has 0 fully saturated rings. The van der Waals surface area contributed by atoms with Gasteiger partial charge in [-0.2, -0.15) is 0 Å². The van der Waals surface area contributed by atoms with Crippen LogP contribution in [-0.2, 0) is 13.0 Å². The Balaban J connectivity index is 1.77. The molecule has 2 aromatic rings. The predicted molar refractivity (Wildman–Crippen MR) is 102 cm³/mol. The first-order chi connectivity index (χ1) is 10.7. The molecule has 6 heteroatoms. The molecule has 2 N–H and O–H groups in total. The molecule has 0 radical (unpaired) electrons. The summed E-state index contributed by atoms with van der Waals surface area (Å²) < 4.78 is 6.56. The van der Waals surface area contributed by atoms with E-state index in [2.05, 4.69) is 56.4 Å². The first kappa shape index (κ1) is 17.1. The van der Waals surface area contributed by atoms with Gasteiger partial charge in [0.2, 0.25) is 0 Å². The number of halogens is 1. The summed E-state index contributed by atoms with van der Waals surface area (Å²) in [6.45, 7) is 1.59. The Bertz CT molecular complexity index is 627. The zero-order valence-electron chi connectivity index (χ0n) is 12.7. The number of thiophene rings is 1. The van der Waals surface area contributed by atoms with E-state index in [0.717, 1.165) is 30.2 Å². The summed E-state index contributed by atoms with van der Waals surface area (Å²) in [5.74, 6) is 1.68. The first-order valence-electron chi connectivity index (χ1n) is 7.03. The quantitative estimate of drug-likeness (QED) is 0.421. The fourth-order valence-electron chi connectivity index (χ4n) is 1.98. The van der Waals surface area contributed by atoms with Crippen LogP contribution in [0.2, 0.25) is 0 Å². The molecule has 2 rings (SSSR count). The summed E-state index contributed by atoms with van der Waals surface area (Å²) in [5.41, 5.74) is 1.16. The van der Waals surface area contributed by atoms with Crippen molar-refractivity contribution in [3.63, 3.8) is 0 Å². The lowest BCUT2D eigenvalue weighted by Crippen LogP contribution is -2.37. The van der Waals surface area contributed by atoms with Crippen LogP contribution in [0.4, 0.5) is 0 Å². The van der Waals surface area contributed by atoms with Gasteiger partial charge >= 0.3 is 0 Å². The van der Waals surface area contributed by atoms with Crippen molar-refractivity contribution < 1.29 is 4.74 Å². The minimum atomic E-state index is 0.716. The average molecular weight is 429 g/mol. The van der Waals surface area contributed by atoms with Gasteiger partial charge in [-0.3, -0.25) is 4.99 Å². The number of nitrogens with zero attached hydrogens (tertiary/aromatic N) is 1. The Hall–Kier alpha value is -1.28. The monoisotopic (exact) mass is 429 g/mol. The van der Waals surface area contributed by atoms with Crippen molar-refractivity contribution >= 4 is 39.9 Å². The molecule has 0 spiro atoms. The Morgan fingerprint density at radius 3 is 2.82 bits per heavy atom. The maximum Gasteiger partial charge on any atom is 0.191 e. The van der Waals surface area contributed by atoms with E-state index in [9.17, 15) is 0 Å². The van der Waals surface area contributed by atoms with Crippen molar-refractivity contribution in [2.45, 2.75) is 13.0 Å². The molecule has 0 aliphatic carbocycles. The highest BCUT2D eigenvalue weighted by atomic mass is 127. The number of hydrogen-bond donors (Lipinski definition) is 2. The molecule has 0 atom stereocenters. The number of nitrogens with one attached hydrogen (secondary N) is 2. The van der Waals surface area contributed by atoms with Crippen molar-refractivity contribution in [1.29, 1.82) is 0 Å². The summed E-state index contributed by atoms with van der Waals surface area (Å²) in [6.07, 6.45) is 1.01. The third-order valence-electron chi connectivity index (χ3n) is 3.11. The molecule has 4 nitrogen and oxygen atoms in total. The zero-order valence-corrected chi connectivity index (χ0v) is 15.7. The first-order valence-corrected chi connectivity index (χ1v) is 8.92. The second kappa shape index (κ2) is 8.99. The van der Waals surface area contributed by atoms with Gasteiger partial charge in [-0.15, -0.1) is 11.3 Å². The van der Waals surface area contributed by atoms with E-state index >= 15 is 0 Å². The van der Waals surface area contributed by atoms with Gasteiger partial charge in [0, 0.05) is 25.0 Å². The summed E-state index contributed by atoms with van der Waals surface area (Å²) in [7, 11) is 3.47. The van der Waals surface area contributed by atoms with Crippen molar-refractivity contribution in [2.24, 2.45) is 4.99 Å². The molecule has 0 bridgehead atoms. The van der Waals surface area contributed by atoms with Crippen LogP contribution in [-0.4, -0.2) is 26.7 Å². The van der Waals surface area contributed by atoms with Crippen LogP contribution in [0, 0.1) is 2.88 Å². The summed E-state index contributed by atoms with van der Waals surface area (Å²) in [4.78, 5) is 5.64. The van der Waals surface area contributed by atoms with Crippen LogP contribution >= 0.6 is 33.9 Å². The van der Waals surface area contributed by atoms with Crippen LogP contribution in [0.3, 0.4) is 0 Å². The van der Waals surface area contributed by atoms with Crippen molar-refractivity contribution in [1.82, 2.24) is 10.6 Å². The van der Waals surface area contributed by atoms with E-state index in [0.29, 0.717) is 6.54 Å². The summed E-state index contributed by atoms with van der Waals surface area (Å²) in [5, 5.41) is 6.65. The van der Waals surface area contributed by atoms with Crippen LogP contribution in [0.1, 0.15) is 10.4 Å². The van der Waals surface area contributed by atoms with Crippen LogP contribution in [0.15, 0.2) is 41.4 Å². The lowest BCUT2D eigenvalue weighted by Gasteiger charge is -2.12. The van der Waals surface area contributed by atoms with Gasteiger partial charge in [-0.25, -0.2) is 0 Å². The van der Waals surface area contributed by atoms with E-state index < -0.39 is 0 Å². The number of aliphatic imine (C=N–C) groups is 1. The molecule has 0 aliphatic rings. The van der Waals surface area contributed by atoms with E-state index in [1.54, 1.807) is 14.2 Å². The Morgan fingerprint density at radius 1 is 1.27 bits per heavy atom. The van der Waals surface area contributed by atoms with E-state index in [4.69, 9.17) is 4.74 Å². The van der Waals surface area contributed by atoms with Gasteiger partial charge in [0.1, 0.15) is 5.75 Å². The number of rotatable bonds is 6. The third kappa shape index (κ3) is 5.49. The summed E-state index contributed by atoms with van der Waals surface area (Å²) >= 11 is 4.18. The highest BCUT2D eigenvalue weighted by Gasteiger charge is 2.01. The molecule has 0 aliphatic heterocycles. The fraction of sp³-hybridized carbons (Fsp3) is 0.312. The molecule has 22 heavy (non-hydrogen) atoms. The lowest BCUT2D eigenvalue weighted by atomic mass is 10.2. The smallest absolute Gasteiger partial charge is 0.191 e. The molecular formula is C16H20IN3OS. The molecule has 1 heterocycles. The number of ether oxygens (including phenoxy) is 1. The molecule has 1 aromatic heterocycles. The fourth-order valence-corrected chi connectivity index (χ4v) is 3.73. The lowest BCUT2D eigenvalue weighted by molar-refractivity contribution is 0.414. The van der Waals surface area contributed by atoms with Crippen LogP contribution in [0.25, 0.3) is 0 Å². The number of guanidine groups is 1. The van der Waals surface area contributed by atoms with Crippen molar-refractivity contribution in [3.05, 3.63) is 49.7 Å². The molecule has 0 saturated heterocycles. The number of methoxy groups -OCH3 is 1. The SMILES string of the molecule is CN=C(NCCc1ccc(I)s1)NCc1cccc(OC)c1. The van der Waals surface area contributed by atoms with Gasteiger partial charge in [-0.05, 0) is 58.8 Å². The van der Waals surface area contributed by atoms with Crippen LogP contribution < -0.4 is 15.4 Å². The highest BCUT2D eigenvalue weighted by molar-refractivity contribution is 14.1. The average Bonchev–Trinajstić information content (AvgIpc) is 2.96. The maximum absolute atomic E-state index is 5.23. The Labute approximate surface area is 149 Å². The maximum atomic E-state index is 5.23.